The lowest BCUT2D eigenvalue weighted by molar-refractivity contribution is -0.192. The Kier molecular flexibility index (Phi) is 17.0. The summed E-state index contributed by atoms with van der Waals surface area (Å²) >= 11 is 1.75. The Bertz CT molecular complexity index is 373. The maximum atomic E-state index is 12.3. The van der Waals surface area contributed by atoms with Crippen LogP contribution in [0.2, 0.25) is 0 Å². The number of unbranched alkanes of at least 4 members (excludes halogenated alkanes) is 4. The van der Waals surface area contributed by atoms with Crippen molar-refractivity contribution in [2.45, 2.75) is 71.0 Å². The van der Waals surface area contributed by atoms with E-state index in [9.17, 15) is 18.0 Å². The number of carboxylic acids is 1. The first kappa shape index (κ1) is 27.3. The van der Waals surface area contributed by atoms with Crippen LogP contribution in [0.3, 0.4) is 0 Å². The molecule has 1 atom stereocenters. The van der Waals surface area contributed by atoms with Crippen LogP contribution < -0.4 is 5.73 Å². The minimum Gasteiger partial charge on any atom is -0.475 e. The first-order valence-corrected chi connectivity index (χ1v) is 10.3. The molecule has 5 nitrogen and oxygen atoms in total. The molecule has 0 heterocycles. The normalized spacial score (nSPS) is 12.1. The molecule has 0 bridgehead atoms. The van der Waals surface area contributed by atoms with Gasteiger partial charge in [-0.25, -0.2) is 4.79 Å². The van der Waals surface area contributed by atoms with Crippen LogP contribution in [0.15, 0.2) is 0 Å². The van der Waals surface area contributed by atoms with Crippen molar-refractivity contribution in [3.63, 3.8) is 0 Å². The number of hydrogen-bond donors (Lipinski definition) is 2. The topological polar surface area (TPSA) is 83.6 Å². The van der Waals surface area contributed by atoms with Gasteiger partial charge in [0.25, 0.3) is 0 Å². The molecule has 3 N–H and O–H groups in total. The van der Waals surface area contributed by atoms with Gasteiger partial charge in [0.15, 0.2) is 0 Å². The Hall–Kier alpha value is -0.960. The van der Waals surface area contributed by atoms with Gasteiger partial charge in [0, 0.05) is 13.1 Å². The molecule has 0 saturated heterocycles. The summed E-state index contributed by atoms with van der Waals surface area (Å²) in [6.45, 7) is 6.13. The van der Waals surface area contributed by atoms with Gasteiger partial charge >= 0.3 is 12.1 Å². The highest BCUT2D eigenvalue weighted by Gasteiger charge is 2.38. The number of alkyl halides is 3. The monoisotopic (exact) mass is 402 g/mol. The fourth-order valence-electron chi connectivity index (χ4n) is 2.04. The molecule has 1 amide bonds. The lowest BCUT2D eigenvalue weighted by Gasteiger charge is -2.25. The maximum absolute atomic E-state index is 12.3. The second kappa shape index (κ2) is 16.2. The SMILES string of the molecule is CCCCCN(CCCCC)C(=O)[C@H](N)CCSC.O=C(O)C(F)(F)F. The molecule has 0 saturated carbocycles. The number of hydrogen-bond acceptors (Lipinski definition) is 4. The van der Waals surface area contributed by atoms with E-state index < -0.39 is 12.1 Å². The van der Waals surface area contributed by atoms with Crippen molar-refractivity contribution in [3.8, 4) is 0 Å². The zero-order valence-electron chi connectivity index (χ0n) is 16.0. The smallest absolute Gasteiger partial charge is 0.475 e. The third-order valence-corrected chi connectivity index (χ3v) is 4.21. The van der Waals surface area contributed by atoms with Crippen LogP contribution in [0.5, 0.6) is 0 Å². The van der Waals surface area contributed by atoms with Crippen LogP contribution in [-0.4, -0.2) is 59.2 Å². The summed E-state index contributed by atoms with van der Waals surface area (Å²) in [5.41, 5.74) is 6.01. The van der Waals surface area contributed by atoms with Crippen LogP contribution in [0.1, 0.15) is 58.8 Å². The Labute approximate surface area is 158 Å². The number of halogens is 3. The number of carbonyl (C=O) groups excluding carboxylic acids is 1. The van der Waals surface area contributed by atoms with Gasteiger partial charge in [-0.1, -0.05) is 39.5 Å². The summed E-state index contributed by atoms with van der Waals surface area (Å²) in [6, 6.07) is -0.310. The number of rotatable bonds is 12. The van der Waals surface area contributed by atoms with E-state index >= 15 is 0 Å². The van der Waals surface area contributed by atoms with Crippen molar-refractivity contribution in [1.29, 1.82) is 0 Å². The van der Waals surface area contributed by atoms with Gasteiger partial charge in [0.2, 0.25) is 5.91 Å². The van der Waals surface area contributed by atoms with Gasteiger partial charge in [0.05, 0.1) is 6.04 Å². The highest BCUT2D eigenvalue weighted by molar-refractivity contribution is 7.98. The molecule has 0 fully saturated rings. The first-order chi connectivity index (χ1) is 12.1. The summed E-state index contributed by atoms with van der Waals surface area (Å²) in [5.74, 6) is -1.64. The Balaban J connectivity index is 0. The number of carboxylic acid groups (broad SMARTS) is 1. The minimum absolute atomic E-state index is 0.154. The van der Waals surface area contributed by atoms with E-state index in [0.29, 0.717) is 0 Å². The predicted octanol–water partition coefficient (Wildman–Crippen LogP) is 3.91. The second-order valence-electron chi connectivity index (χ2n) is 5.93. The van der Waals surface area contributed by atoms with Crippen LogP contribution in [0.4, 0.5) is 13.2 Å². The van der Waals surface area contributed by atoms with Crippen molar-refractivity contribution in [3.05, 3.63) is 0 Å². The Morgan fingerprint density at radius 1 is 1.08 bits per heavy atom. The molecule has 0 aromatic heterocycles. The molecule has 0 aliphatic carbocycles. The molecule has 0 aromatic rings. The van der Waals surface area contributed by atoms with Crippen LogP contribution >= 0.6 is 11.8 Å². The highest BCUT2D eigenvalue weighted by Crippen LogP contribution is 2.13. The summed E-state index contributed by atoms with van der Waals surface area (Å²) in [6.07, 6.45) is 4.73. The average molecular weight is 403 g/mol. The Morgan fingerprint density at radius 2 is 1.50 bits per heavy atom. The van der Waals surface area contributed by atoms with Crippen molar-refractivity contribution < 1.29 is 27.9 Å². The Morgan fingerprint density at radius 3 is 1.81 bits per heavy atom. The summed E-state index contributed by atoms with van der Waals surface area (Å²) in [4.78, 5) is 23.2. The summed E-state index contributed by atoms with van der Waals surface area (Å²) < 4.78 is 31.7. The summed E-state index contributed by atoms with van der Waals surface area (Å²) in [7, 11) is 0. The van der Waals surface area contributed by atoms with E-state index in [1.807, 2.05) is 4.90 Å². The van der Waals surface area contributed by atoms with E-state index in [1.54, 1.807) is 11.8 Å². The van der Waals surface area contributed by atoms with Gasteiger partial charge in [-0.2, -0.15) is 24.9 Å². The molecule has 0 radical (unpaired) electrons. The fourth-order valence-corrected chi connectivity index (χ4v) is 2.53. The van der Waals surface area contributed by atoms with E-state index in [0.717, 1.165) is 38.1 Å². The molecule has 0 spiro atoms. The summed E-state index contributed by atoms with van der Waals surface area (Å²) in [5, 5.41) is 7.12. The standard InChI is InChI=1S/C15H32N2OS.C2HF3O2/c1-4-6-8-11-17(12-9-7-5-2)15(18)14(16)10-13-19-3;3-2(4,5)1(6)7/h14H,4-13,16H2,1-3H3;(H,6,7)/t14-;/m1./s1. The van der Waals surface area contributed by atoms with Gasteiger partial charge in [-0.05, 0) is 31.3 Å². The molecule has 0 aromatic carbocycles. The van der Waals surface area contributed by atoms with E-state index in [2.05, 4.69) is 20.1 Å². The quantitative estimate of drug-likeness (QED) is 0.484. The van der Waals surface area contributed by atoms with Crippen LogP contribution in [0.25, 0.3) is 0 Å². The van der Waals surface area contributed by atoms with Gasteiger partial charge in [-0.15, -0.1) is 0 Å². The van der Waals surface area contributed by atoms with Gasteiger partial charge < -0.3 is 15.7 Å². The maximum Gasteiger partial charge on any atom is 0.490 e. The van der Waals surface area contributed by atoms with Gasteiger partial charge in [0.1, 0.15) is 0 Å². The van der Waals surface area contributed by atoms with Crippen LogP contribution in [-0.2, 0) is 9.59 Å². The van der Waals surface area contributed by atoms with Crippen molar-refractivity contribution in [2.75, 3.05) is 25.1 Å². The van der Waals surface area contributed by atoms with Crippen LogP contribution in [0, 0.1) is 0 Å². The molecule has 0 aliphatic rings. The molecule has 156 valence electrons. The fraction of sp³-hybridized carbons (Fsp3) is 0.882. The highest BCUT2D eigenvalue weighted by atomic mass is 32.2. The predicted molar refractivity (Wildman–Crippen MR) is 100 cm³/mol. The number of carbonyl (C=O) groups is 2. The van der Waals surface area contributed by atoms with Crippen molar-refractivity contribution in [2.24, 2.45) is 5.73 Å². The van der Waals surface area contributed by atoms with E-state index in [-0.39, 0.29) is 11.9 Å². The zero-order chi connectivity index (χ0) is 20.6. The first-order valence-electron chi connectivity index (χ1n) is 8.95. The molecule has 0 rings (SSSR count). The molecule has 0 unspecified atom stereocenters. The molecule has 9 heteroatoms. The average Bonchev–Trinajstić information content (AvgIpc) is 2.57. The molecular formula is C17H33F3N2O3S. The number of nitrogens with two attached hydrogens (primary N) is 1. The lowest BCUT2D eigenvalue weighted by atomic mass is 10.1. The van der Waals surface area contributed by atoms with Gasteiger partial charge in [-0.3, -0.25) is 4.79 Å². The number of nitrogens with zero attached hydrogens (tertiary/aromatic N) is 1. The molecule has 26 heavy (non-hydrogen) atoms. The largest absolute Gasteiger partial charge is 0.490 e. The third-order valence-electron chi connectivity index (χ3n) is 3.57. The second-order valence-corrected chi connectivity index (χ2v) is 6.92. The van der Waals surface area contributed by atoms with Crippen molar-refractivity contribution >= 4 is 23.6 Å². The van der Waals surface area contributed by atoms with Crippen molar-refractivity contribution in [1.82, 2.24) is 4.90 Å². The van der Waals surface area contributed by atoms with E-state index in [1.165, 1.54) is 25.7 Å². The van der Waals surface area contributed by atoms with E-state index in [4.69, 9.17) is 15.6 Å². The number of thioether (sulfide) groups is 1. The molecular weight excluding hydrogens is 369 g/mol. The third kappa shape index (κ3) is 15.3. The molecule has 0 aliphatic heterocycles. The zero-order valence-corrected chi connectivity index (χ0v) is 16.8. The minimum atomic E-state index is -5.08. The number of amides is 1. The lowest BCUT2D eigenvalue weighted by Crippen LogP contribution is -2.45. The number of aliphatic carboxylic acids is 1.